The molecule has 0 aromatic heterocycles. The summed E-state index contributed by atoms with van der Waals surface area (Å²) >= 11 is 5.84. The molecule has 0 saturated carbocycles. The average Bonchev–Trinajstić information content (AvgIpc) is 2.30. The fraction of sp³-hybridized carbons (Fsp3) is 0.538. The quantitative estimate of drug-likeness (QED) is 0.737. The average molecular weight is 275 g/mol. The molecule has 1 aromatic rings. The van der Waals surface area contributed by atoms with Crippen molar-refractivity contribution in [2.45, 2.75) is 6.42 Å². The van der Waals surface area contributed by atoms with E-state index in [2.05, 4.69) is 24.3 Å². The van der Waals surface area contributed by atoms with E-state index >= 15 is 0 Å². The number of nitrogens with one attached hydrogen (secondary N) is 1. The Kier molecular flexibility index (Phi) is 7.01. The fourth-order valence-corrected chi connectivity index (χ4v) is 1.69. The maximum atomic E-state index is 12.8. The lowest BCUT2D eigenvalue weighted by atomic mass is 10.3. The van der Waals surface area contributed by atoms with Crippen LogP contribution < -0.4 is 10.1 Å². The van der Waals surface area contributed by atoms with E-state index in [0.29, 0.717) is 17.4 Å². The minimum Gasteiger partial charge on any atom is -0.491 e. The second-order valence-corrected chi connectivity index (χ2v) is 4.74. The first-order valence-electron chi connectivity index (χ1n) is 6.03. The van der Waals surface area contributed by atoms with Crippen LogP contribution in [0.3, 0.4) is 0 Å². The number of hydrogen-bond acceptors (Lipinski definition) is 3. The smallest absolute Gasteiger partial charge is 0.138 e. The standard InChI is InChI=1S/C13H20ClFN2O/c1-17(2)8-3-6-16-7-9-18-13-5-4-11(15)10-12(13)14/h4-5,10,16H,3,6-9H2,1-2H3. The van der Waals surface area contributed by atoms with Crippen LogP contribution in [0.5, 0.6) is 5.75 Å². The first-order valence-corrected chi connectivity index (χ1v) is 6.40. The highest BCUT2D eigenvalue weighted by Gasteiger charge is 2.02. The summed E-state index contributed by atoms with van der Waals surface area (Å²) in [5, 5.41) is 3.58. The van der Waals surface area contributed by atoms with Gasteiger partial charge in [0.2, 0.25) is 0 Å². The molecule has 0 heterocycles. The summed E-state index contributed by atoms with van der Waals surface area (Å²) in [6.07, 6.45) is 1.10. The first-order chi connectivity index (χ1) is 8.59. The molecule has 0 amide bonds. The summed E-state index contributed by atoms with van der Waals surface area (Å²) in [6, 6.07) is 4.14. The Bertz CT molecular complexity index is 361. The summed E-state index contributed by atoms with van der Waals surface area (Å²) in [6.45, 7) is 3.30. The van der Waals surface area contributed by atoms with Crippen LogP contribution in [0.25, 0.3) is 0 Å². The number of benzene rings is 1. The third-order valence-electron chi connectivity index (χ3n) is 2.39. The van der Waals surface area contributed by atoms with Gasteiger partial charge in [-0.05, 0) is 51.8 Å². The molecule has 1 N–H and O–H groups in total. The Balaban J connectivity index is 2.11. The zero-order chi connectivity index (χ0) is 13.4. The van der Waals surface area contributed by atoms with E-state index in [4.69, 9.17) is 16.3 Å². The zero-order valence-electron chi connectivity index (χ0n) is 10.9. The maximum absolute atomic E-state index is 12.8. The Morgan fingerprint density at radius 3 is 2.78 bits per heavy atom. The van der Waals surface area contributed by atoms with Gasteiger partial charge < -0.3 is 15.0 Å². The van der Waals surface area contributed by atoms with Crippen molar-refractivity contribution in [2.75, 3.05) is 40.3 Å². The van der Waals surface area contributed by atoms with Crippen LogP contribution in [0.15, 0.2) is 18.2 Å². The van der Waals surface area contributed by atoms with Gasteiger partial charge in [0.05, 0.1) is 5.02 Å². The fourth-order valence-electron chi connectivity index (χ4n) is 1.47. The molecule has 0 saturated heterocycles. The Labute approximate surface area is 113 Å². The second-order valence-electron chi connectivity index (χ2n) is 4.33. The number of ether oxygens (including phenoxy) is 1. The Morgan fingerprint density at radius 2 is 2.11 bits per heavy atom. The molecule has 0 radical (unpaired) electrons. The van der Waals surface area contributed by atoms with Crippen LogP contribution in [-0.2, 0) is 0 Å². The third kappa shape index (κ3) is 6.19. The summed E-state index contributed by atoms with van der Waals surface area (Å²) in [7, 11) is 4.11. The molecule has 0 aliphatic carbocycles. The van der Waals surface area contributed by atoms with E-state index in [1.807, 2.05) is 0 Å². The molecule has 0 aliphatic rings. The van der Waals surface area contributed by atoms with Crippen LogP contribution in [0, 0.1) is 5.82 Å². The van der Waals surface area contributed by atoms with Crippen LogP contribution in [0.4, 0.5) is 4.39 Å². The molecule has 3 nitrogen and oxygen atoms in total. The Hall–Kier alpha value is -0.840. The van der Waals surface area contributed by atoms with Crippen LogP contribution in [-0.4, -0.2) is 45.2 Å². The lowest BCUT2D eigenvalue weighted by Crippen LogP contribution is -2.25. The minimum absolute atomic E-state index is 0.308. The predicted octanol–water partition coefficient (Wildman–Crippen LogP) is 2.40. The van der Waals surface area contributed by atoms with E-state index in [0.717, 1.165) is 26.1 Å². The van der Waals surface area contributed by atoms with Gasteiger partial charge in [-0.1, -0.05) is 11.6 Å². The molecule has 0 unspecified atom stereocenters. The molecule has 1 rings (SSSR count). The lowest BCUT2D eigenvalue weighted by Gasteiger charge is -2.11. The van der Waals surface area contributed by atoms with Gasteiger partial charge in [0.15, 0.2) is 0 Å². The Morgan fingerprint density at radius 1 is 1.33 bits per heavy atom. The van der Waals surface area contributed by atoms with Crippen LogP contribution >= 0.6 is 11.6 Å². The summed E-state index contributed by atoms with van der Waals surface area (Å²) in [5.74, 6) is 0.169. The SMILES string of the molecule is CN(C)CCCNCCOc1ccc(F)cc1Cl. The molecule has 1 aromatic carbocycles. The number of rotatable bonds is 8. The molecule has 5 heteroatoms. The zero-order valence-corrected chi connectivity index (χ0v) is 11.6. The van der Waals surface area contributed by atoms with Gasteiger partial charge in [0.25, 0.3) is 0 Å². The van der Waals surface area contributed by atoms with Crippen molar-refractivity contribution in [3.63, 3.8) is 0 Å². The van der Waals surface area contributed by atoms with Crippen molar-refractivity contribution >= 4 is 11.6 Å². The summed E-state index contributed by atoms with van der Waals surface area (Å²) < 4.78 is 18.2. The highest BCUT2D eigenvalue weighted by Crippen LogP contribution is 2.24. The molecule has 0 atom stereocenters. The van der Waals surface area contributed by atoms with Crippen molar-refractivity contribution in [3.05, 3.63) is 29.0 Å². The van der Waals surface area contributed by atoms with E-state index in [9.17, 15) is 4.39 Å². The molecule has 18 heavy (non-hydrogen) atoms. The van der Waals surface area contributed by atoms with Gasteiger partial charge in [0, 0.05) is 6.54 Å². The number of nitrogens with zero attached hydrogens (tertiary/aromatic N) is 1. The summed E-state index contributed by atoms with van der Waals surface area (Å²) in [4.78, 5) is 2.15. The van der Waals surface area contributed by atoms with Gasteiger partial charge in [-0.3, -0.25) is 0 Å². The highest BCUT2D eigenvalue weighted by molar-refractivity contribution is 6.32. The van der Waals surface area contributed by atoms with Gasteiger partial charge >= 0.3 is 0 Å². The van der Waals surface area contributed by atoms with Gasteiger partial charge in [-0.2, -0.15) is 0 Å². The van der Waals surface area contributed by atoms with Crippen molar-refractivity contribution in [1.29, 1.82) is 0 Å². The van der Waals surface area contributed by atoms with Crippen molar-refractivity contribution in [3.8, 4) is 5.75 Å². The molecular weight excluding hydrogens is 255 g/mol. The van der Waals surface area contributed by atoms with Gasteiger partial charge in [-0.25, -0.2) is 4.39 Å². The molecular formula is C13H20ClFN2O. The number of halogens is 2. The second kappa shape index (κ2) is 8.29. The highest BCUT2D eigenvalue weighted by atomic mass is 35.5. The molecule has 0 fully saturated rings. The van der Waals surface area contributed by atoms with E-state index in [-0.39, 0.29) is 5.82 Å². The van der Waals surface area contributed by atoms with Crippen molar-refractivity contribution < 1.29 is 9.13 Å². The van der Waals surface area contributed by atoms with E-state index in [1.54, 1.807) is 6.07 Å². The van der Waals surface area contributed by atoms with Gasteiger partial charge in [-0.15, -0.1) is 0 Å². The van der Waals surface area contributed by atoms with Crippen molar-refractivity contribution in [2.24, 2.45) is 0 Å². The largest absolute Gasteiger partial charge is 0.491 e. The van der Waals surface area contributed by atoms with Crippen LogP contribution in [0.1, 0.15) is 6.42 Å². The minimum atomic E-state index is -0.353. The molecule has 102 valence electrons. The molecule has 0 aliphatic heterocycles. The third-order valence-corrected chi connectivity index (χ3v) is 2.68. The normalized spacial score (nSPS) is 10.9. The topological polar surface area (TPSA) is 24.5 Å². The summed E-state index contributed by atoms with van der Waals surface area (Å²) in [5.41, 5.74) is 0. The lowest BCUT2D eigenvalue weighted by molar-refractivity contribution is 0.311. The van der Waals surface area contributed by atoms with Crippen LogP contribution in [0.2, 0.25) is 5.02 Å². The van der Waals surface area contributed by atoms with Crippen molar-refractivity contribution in [1.82, 2.24) is 10.2 Å². The first kappa shape index (κ1) is 15.2. The van der Waals surface area contributed by atoms with E-state index < -0.39 is 0 Å². The molecule has 0 spiro atoms. The predicted molar refractivity (Wildman–Crippen MR) is 72.9 cm³/mol. The van der Waals surface area contributed by atoms with E-state index in [1.165, 1.54) is 12.1 Å². The maximum Gasteiger partial charge on any atom is 0.138 e. The molecule has 0 bridgehead atoms. The van der Waals surface area contributed by atoms with Gasteiger partial charge in [0.1, 0.15) is 18.2 Å². The monoisotopic (exact) mass is 274 g/mol. The number of hydrogen-bond donors (Lipinski definition) is 1.